The molecule has 2 fully saturated rings. The molecule has 1 aromatic rings. The highest BCUT2D eigenvalue weighted by atomic mass is 35.5. The van der Waals surface area contributed by atoms with Crippen molar-refractivity contribution in [2.45, 2.75) is 12.1 Å². The normalized spacial score (nSPS) is 26.4. The van der Waals surface area contributed by atoms with Crippen molar-refractivity contribution in [1.82, 2.24) is 9.80 Å². The molecule has 2 aliphatic rings. The van der Waals surface area contributed by atoms with Crippen LogP contribution in [0.2, 0.25) is 5.02 Å². The number of carbonyl (C=O) groups excluding carboxylic acids is 1. The zero-order valence-corrected chi connectivity index (χ0v) is 14.4. The molecule has 0 saturated carbocycles. The smallest absolute Gasteiger partial charge is 0.254 e. The molecule has 6 nitrogen and oxygen atoms in total. The monoisotopic (exact) mass is 376 g/mol. The van der Waals surface area contributed by atoms with Crippen LogP contribution in [0.25, 0.3) is 0 Å². The number of halogens is 2. The number of nitrogens with zero attached hydrogens (tertiary/aromatic N) is 2. The largest absolute Gasteiger partial charge is 0.395 e. The molecule has 132 valence electrons. The van der Waals surface area contributed by atoms with Crippen LogP contribution in [0.1, 0.15) is 10.4 Å². The van der Waals surface area contributed by atoms with Crippen molar-refractivity contribution in [3.8, 4) is 0 Å². The number of benzene rings is 1. The number of amides is 1. The van der Waals surface area contributed by atoms with E-state index in [0.29, 0.717) is 19.6 Å². The first kappa shape index (κ1) is 17.6. The Bertz CT molecular complexity index is 758. The lowest BCUT2D eigenvalue weighted by atomic mass is 10.0. The summed E-state index contributed by atoms with van der Waals surface area (Å²) >= 11 is 5.74. The average Bonchev–Trinajstić information content (AvgIpc) is 2.85. The third kappa shape index (κ3) is 3.28. The van der Waals surface area contributed by atoms with Gasteiger partial charge in [0.15, 0.2) is 9.84 Å². The highest BCUT2D eigenvalue weighted by Crippen LogP contribution is 2.28. The van der Waals surface area contributed by atoms with Crippen LogP contribution < -0.4 is 0 Å². The van der Waals surface area contributed by atoms with Crippen molar-refractivity contribution in [2.24, 2.45) is 0 Å². The minimum atomic E-state index is -3.25. The second-order valence-electron chi connectivity index (χ2n) is 6.10. The summed E-state index contributed by atoms with van der Waals surface area (Å²) < 4.78 is 37.4. The van der Waals surface area contributed by atoms with Gasteiger partial charge >= 0.3 is 0 Å². The molecule has 2 saturated heterocycles. The van der Waals surface area contributed by atoms with Crippen molar-refractivity contribution < 1.29 is 22.7 Å². The first-order valence-electron chi connectivity index (χ1n) is 7.64. The van der Waals surface area contributed by atoms with Gasteiger partial charge in [-0.2, -0.15) is 0 Å². The molecule has 1 N–H and O–H groups in total. The Kier molecular flexibility index (Phi) is 4.83. The van der Waals surface area contributed by atoms with E-state index in [2.05, 4.69) is 0 Å². The predicted octanol–water partition coefficient (Wildman–Crippen LogP) is 0.395. The molecule has 3 rings (SSSR count). The Morgan fingerprint density at radius 3 is 2.67 bits per heavy atom. The summed E-state index contributed by atoms with van der Waals surface area (Å²) in [5.41, 5.74) is 0.236. The van der Waals surface area contributed by atoms with Crippen LogP contribution in [0.4, 0.5) is 4.39 Å². The number of piperazine rings is 1. The van der Waals surface area contributed by atoms with Gasteiger partial charge in [-0.05, 0) is 18.2 Å². The van der Waals surface area contributed by atoms with Crippen LogP contribution in [-0.2, 0) is 9.84 Å². The van der Waals surface area contributed by atoms with Gasteiger partial charge in [-0.15, -0.1) is 0 Å². The number of rotatable bonds is 3. The highest BCUT2D eigenvalue weighted by molar-refractivity contribution is 7.91. The zero-order chi connectivity index (χ0) is 17.5. The van der Waals surface area contributed by atoms with Gasteiger partial charge in [-0.25, -0.2) is 12.8 Å². The summed E-state index contributed by atoms with van der Waals surface area (Å²) in [6.45, 7) is 1.15. The second-order valence-corrected chi connectivity index (χ2v) is 8.66. The number of sulfone groups is 1. The fourth-order valence-corrected chi connectivity index (χ4v) is 5.67. The standard InChI is InChI=1S/C15H18ClFN2O4S/c16-11-7-10(1-2-12(11)17)15(21)19-4-3-18(5-6-20)13-8-24(22,23)9-14(13)19/h1-2,7,13-14,20H,3-6,8-9H2/t13-,14+/m1/s1. The maximum atomic E-state index is 13.3. The van der Waals surface area contributed by atoms with E-state index in [-0.39, 0.29) is 40.6 Å². The quantitative estimate of drug-likeness (QED) is 0.826. The van der Waals surface area contributed by atoms with E-state index in [1.165, 1.54) is 17.0 Å². The van der Waals surface area contributed by atoms with Crippen LogP contribution in [0.15, 0.2) is 18.2 Å². The summed E-state index contributed by atoms with van der Waals surface area (Å²) in [4.78, 5) is 16.2. The summed E-state index contributed by atoms with van der Waals surface area (Å²) in [7, 11) is -3.25. The summed E-state index contributed by atoms with van der Waals surface area (Å²) in [5.74, 6) is -1.08. The van der Waals surface area contributed by atoms with E-state index in [1.54, 1.807) is 0 Å². The van der Waals surface area contributed by atoms with Crippen LogP contribution in [0.5, 0.6) is 0 Å². The molecule has 1 aromatic carbocycles. The fourth-order valence-electron chi connectivity index (χ4n) is 3.48. The van der Waals surface area contributed by atoms with Crippen LogP contribution in [-0.4, -0.2) is 79.1 Å². The first-order chi connectivity index (χ1) is 11.3. The molecule has 24 heavy (non-hydrogen) atoms. The molecule has 0 radical (unpaired) electrons. The molecule has 0 aromatic heterocycles. The van der Waals surface area contributed by atoms with E-state index in [1.807, 2.05) is 4.90 Å². The molecule has 0 spiro atoms. The zero-order valence-electron chi connectivity index (χ0n) is 12.9. The van der Waals surface area contributed by atoms with Crippen molar-refractivity contribution in [3.05, 3.63) is 34.6 Å². The number of hydrogen-bond acceptors (Lipinski definition) is 5. The molecule has 1 amide bonds. The molecule has 0 bridgehead atoms. The molecule has 2 heterocycles. The van der Waals surface area contributed by atoms with Gasteiger partial charge in [0.2, 0.25) is 0 Å². The number of β-amino-alcohol motifs (C(OH)–C–C–N with tert-alkyl or cyclic N) is 1. The molecule has 0 unspecified atom stereocenters. The summed E-state index contributed by atoms with van der Waals surface area (Å²) in [5, 5.41) is 9.01. The number of fused-ring (bicyclic) bond motifs is 1. The minimum Gasteiger partial charge on any atom is -0.395 e. The average molecular weight is 377 g/mol. The molecule has 0 aliphatic carbocycles. The Morgan fingerprint density at radius 2 is 2.00 bits per heavy atom. The SMILES string of the molecule is O=C(c1ccc(F)c(Cl)c1)N1CCN(CCO)[C@@H]2CS(=O)(=O)C[C@@H]21. The topological polar surface area (TPSA) is 77.9 Å². The van der Waals surface area contributed by atoms with Crippen molar-refractivity contribution in [1.29, 1.82) is 0 Å². The number of carbonyl (C=O) groups is 1. The molecular weight excluding hydrogens is 359 g/mol. The lowest BCUT2D eigenvalue weighted by Crippen LogP contribution is -2.61. The minimum absolute atomic E-state index is 0.0222. The van der Waals surface area contributed by atoms with E-state index in [9.17, 15) is 17.6 Å². The van der Waals surface area contributed by atoms with Gasteiger partial charge in [-0.1, -0.05) is 11.6 Å². The summed E-state index contributed by atoms with van der Waals surface area (Å²) in [6, 6.07) is 2.95. The third-order valence-electron chi connectivity index (χ3n) is 4.61. The van der Waals surface area contributed by atoms with Gasteiger partial charge in [0, 0.05) is 31.2 Å². The molecule has 2 atom stereocenters. The van der Waals surface area contributed by atoms with E-state index in [4.69, 9.17) is 16.7 Å². The van der Waals surface area contributed by atoms with Crippen LogP contribution in [0, 0.1) is 5.82 Å². The summed E-state index contributed by atoms with van der Waals surface area (Å²) in [6.07, 6.45) is 0. The lowest BCUT2D eigenvalue weighted by molar-refractivity contribution is 0.0281. The van der Waals surface area contributed by atoms with E-state index >= 15 is 0 Å². The highest BCUT2D eigenvalue weighted by Gasteiger charge is 2.47. The van der Waals surface area contributed by atoms with Gasteiger partial charge < -0.3 is 10.0 Å². The van der Waals surface area contributed by atoms with Gasteiger partial charge in [0.25, 0.3) is 5.91 Å². The van der Waals surface area contributed by atoms with E-state index < -0.39 is 21.7 Å². The Hall–Kier alpha value is -1.22. The van der Waals surface area contributed by atoms with Crippen LogP contribution >= 0.6 is 11.6 Å². The van der Waals surface area contributed by atoms with E-state index in [0.717, 1.165) is 6.07 Å². The van der Waals surface area contributed by atoms with Gasteiger partial charge in [0.1, 0.15) is 5.82 Å². The fraction of sp³-hybridized carbons (Fsp3) is 0.533. The number of aliphatic hydroxyl groups is 1. The second kappa shape index (κ2) is 6.59. The Balaban J connectivity index is 1.88. The molecule has 2 aliphatic heterocycles. The Labute approximate surface area is 144 Å². The molecule has 9 heteroatoms. The van der Waals surface area contributed by atoms with Gasteiger partial charge in [0.05, 0.1) is 29.2 Å². The predicted molar refractivity (Wildman–Crippen MR) is 87.3 cm³/mol. The number of hydrogen-bond donors (Lipinski definition) is 1. The van der Waals surface area contributed by atoms with Gasteiger partial charge in [-0.3, -0.25) is 9.69 Å². The maximum Gasteiger partial charge on any atom is 0.254 e. The van der Waals surface area contributed by atoms with Crippen molar-refractivity contribution >= 4 is 27.3 Å². The first-order valence-corrected chi connectivity index (χ1v) is 9.83. The molecular formula is C15H18ClFN2O4S. The van der Waals surface area contributed by atoms with Crippen molar-refractivity contribution in [2.75, 3.05) is 37.7 Å². The lowest BCUT2D eigenvalue weighted by Gasteiger charge is -2.43. The van der Waals surface area contributed by atoms with Crippen LogP contribution in [0.3, 0.4) is 0 Å². The number of aliphatic hydroxyl groups excluding tert-OH is 1. The van der Waals surface area contributed by atoms with Crippen molar-refractivity contribution in [3.63, 3.8) is 0 Å². The Morgan fingerprint density at radius 1 is 1.29 bits per heavy atom. The third-order valence-corrected chi connectivity index (χ3v) is 6.59. The maximum absolute atomic E-state index is 13.3.